The third-order valence-electron chi connectivity index (χ3n) is 5.24. The van der Waals surface area contributed by atoms with Crippen LogP contribution in [-0.2, 0) is 26.2 Å². The maximum absolute atomic E-state index is 12.9. The van der Waals surface area contributed by atoms with Crippen LogP contribution in [0.25, 0.3) is 0 Å². The van der Waals surface area contributed by atoms with Gasteiger partial charge < -0.3 is 5.32 Å². The summed E-state index contributed by atoms with van der Waals surface area (Å²) in [6.45, 7) is 3.61. The number of hydrogen-bond acceptors (Lipinski definition) is 5. The van der Waals surface area contributed by atoms with E-state index in [1.54, 1.807) is 0 Å². The van der Waals surface area contributed by atoms with Crippen LogP contribution in [0.5, 0.6) is 0 Å². The SMILES string of the molecule is C=CS(=O)(=O)NCC1CCN(S(=O)(=O)c2ccc(C(=O)Nc3cccc(C(F)(F)F)c3)cc2)C1. The summed E-state index contributed by atoms with van der Waals surface area (Å²) >= 11 is 0. The summed E-state index contributed by atoms with van der Waals surface area (Å²) in [4.78, 5) is 12.3. The molecular formula is C21H22F3N3O5S2. The Morgan fingerprint density at radius 2 is 1.79 bits per heavy atom. The number of sulfonamides is 2. The number of alkyl halides is 3. The Bertz CT molecular complexity index is 1280. The van der Waals surface area contributed by atoms with E-state index in [4.69, 9.17) is 0 Å². The summed E-state index contributed by atoms with van der Waals surface area (Å²) < 4.78 is 90.9. The molecule has 1 unspecified atom stereocenters. The molecule has 13 heteroatoms. The van der Waals surface area contributed by atoms with Crippen LogP contribution in [0, 0.1) is 5.92 Å². The van der Waals surface area contributed by atoms with Gasteiger partial charge in [0.1, 0.15) is 0 Å². The summed E-state index contributed by atoms with van der Waals surface area (Å²) in [7, 11) is -7.48. The molecule has 2 N–H and O–H groups in total. The van der Waals surface area contributed by atoms with Crippen LogP contribution < -0.4 is 10.0 Å². The highest BCUT2D eigenvalue weighted by atomic mass is 32.2. The molecule has 1 amide bonds. The number of nitrogens with one attached hydrogen (secondary N) is 2. The van der Waals surface area contributed by atoms with Gasteiger partial charge in [0, 0.05) is 36.3 Å². The molecule has 184 valence electrons. The number of carbonyl (C=O) groups is 1. The minimum Gasteiger partial charge on any atom is -0.322 e. The molecule has 1 heterocycles. The van der Waals surface area contributed by atoms with Crippen molar-refractivity contribution in [1.29, 1.82) is 0 Å². The predicted molar refractivity (Wildman–Crippen MR) is 120 cm³/mol. The Balaban J connectivity index is 1.65. The van der Waals surface area contributed by atoms with Crippen molar-refractivity contribution in [2.24, 2.45) is 5.92 Å². The van der Waals surface area contributed by atoms with Crippen molar-refractivity contribution in [3.05, 3.63) is 71.6 Å². The average Bonchev–Trinajstić information content (AvgIpc) is 3.28. The van der Waals surface area contributed by atoms with Crippen molar-refractivity contribution in [3.63, 3.8) is 0 Å². The molecule has 0 saturated carbocycles. The number of amides is 1. The zero-order valence-electron chi connectivity index (χ0n) is 17.7. The third kappa shape index (κ3) is 6.23. The minimum atomic E-state index is -4.55. The number of benzene rings is 2. The minimum absolute atomic E-state index is 0.0493. The molecule has 2 aromatic carbocycles. The van der Waals surface area contributed by atoms with Gasteiger partial charge in [0.25, 0.3) is 5.91 Å². The highest BCUT2D eigenvalue weighted by Crippen LogP contribution is 2.31. The lowest BCUT2D eigenvalue weighted by molar-refractivity contribution is -0.137. The van der Waals surface area contributed by atoms with Gasteiger partial charge in [0.2, 0.25) is 20.0 Å². The van der Waals surface area contributed by atoms with Crippen LogP contribution in [0.1, 0.15) is 22.3 Å². The maximum atomic E-state index is 12.9. The number of anilines is 1. The molecular weight excluding hydrogens is 495 g/mol. The first-order chi connectivity index (χ1) is 15.8. The third-order valence-corrected chi connectivity index (χ3v) is 8.13. The molecule has 1 fully saturated rings. The first-order valence-electron chi connectivity index (χ1n) is 10.0. The molecule has 8 nitrogen and oxygen atoms in total. The molecule has 1 aliphatic rings. The van der Waals surface area contributed by atoms with Gasteiger partial charge in [0.15, 0.2) is 0 Å². The fourth-order valence-corrected chi connectivity index (χ4v) is 5.50. The van der Waals surface area contributed by atoms with Crippen LogP contribution in [0.15, 0.2) is 65.4 Å². The summed E-state index contributed by atoms with van der Waals surface area (Å²) in [5, 5.41) is 3.14. The summed E-state index contributed by atoms with van der Waals surface area (Å²) in [5.41, 5.74) is -0.894. The Morgan fingerprint density at radius 1 is 1.12 bits per heavy atom. The molecule has 0 aromatic heterocycles. The Kier molecular flexibility index (Phi) is 7.50. The van der Waals surface area contributed by atoms with E-state index in [1.807, 2.05) is 0 Å². The number of halogens is 3. The molecule has 3 rings (SSSR count). The number of hydrogen-bond donors (Lipinski definition) is 2. The van der Waals surface area contributed by atoms with Gasteiger partial charge in [-0.15, -0.1) is 0 Å². The standard InChI is InChI=1S/C21H22F3N3O5S2/c1-2-33(29,30)25-13-15-10-11-27(14-15)34(31,32)19-8-6-16(7-9-19)20(28)26-18-5-3-4-17(12-18)21(22,23)24/h2-9,12,15,25H,1,10-11,13-14H2,(H,26,28). The second-order valence-electron chi connectivity index (χ2n) is 7.63. The highest BCUT2D eigenvalue weighted by Gasteiger charge is 2.33. The van der Waals surface area contributed by atoms with Crippen molar-refractivity contribution >= 4 is 31.6 Å². The van der Waals surface area contributed by atoms with Crippen molar-refractivity contribution in [1.82, 2.24) is 9.03 Å². The second-order valence-corrected chi connectivity index (χ2v) is 11.3. The van der Waals surface area contributed by atoms with E-state index in [0.29, 0.717) is 6.42 Å². The number of rotatable bonds is 8. The first kappa shape index (κ1) is 25.9. The lowest BCUT2D eigenvalue weighted by atomic mass is 10.1. The quantitative estimate of drug-likeness (QED) is 0.559. The van der Waals surface area contributed by atoms with Gasteiger partial charge in [-0.3, -0.25) is 4.79 Å². The lowest BCUT2D eigenvalue weighted by Gasteiger charge is -2.17. The Morgan fingerprint density at radius 3 is 2.41 bits per heavy atom. The van der Waals surface area contributed by atoms with Gasteiger partial charge in [0.05, 0.1) is 10.5 Å². The predicted octanol–water partition coefficient (Wildman–Crippen LogP) is 3.03. The topological polar surface area (TPSA) is 113 Å². The first-order valence-corrected chi connectivity index (χ1v) is 13.0. The molecule has 2 aromatic rings. The van der Waals surface area contributed by atoms with Crippen molar-refractivity contribution < 1.29 is 34.8 Å². The Hall–Kier alpha value is -2.74. The van der Waals surface area contributed by atoms with Gasteiger partial charge in [-0.05, 0) is 54.8 Å². The summed E-state index contributed by atoms with van der Waals surface area (Å²) in [6, 6.07) is 9.17. The fraction of sp³-hybridized carbons (Fsp3) is 0.286. The van der Waals surface area contributed by atoms with Gasteiger partial charge in [-0.2, -0.15) is 17.5 Å². The Labute approximate surface area is 195 Å². The lowest BCUT2D eigenvalue weighted by Crippen LogP contribution is -2.32. The van der Waals surface area contributed by atoms with Gasteiger partial charge >= 0.3 is 6.18 Å². The largest absolute Gasteiger partial charge is 0.416 e. The molecule has 0 bridgehead atoms. The van der Waals surface area contributed by atoms with Crippen LogP contribution >= 0.6 is 0 Å². The average molecular weight is 518 g/mol. The molecule has 34 heavy (non-hydrogen) atoms. The van der Waals surface area contributed by atoms with Crippen LogP contribution in [0.3, 0.4) is 0 Å². The zero-order chi connectivity index (χ0) is 25.1. The van der Waals surface area contributed by atoms with Gasteiger partial charge in [-0.25, -0.2) is 21.6 Å². The van der Waals surface area contributed by atoms with Crippen LogP contribution in [0.2, 0.25) is 0 Å². The van der Waals surface area contributed by atoms with Crippen molar-refractivity contribution in [3.8, 4) is 0 Å². The highest BCUT2D eigenvalue weighted by molar-refractivity contribution is 7.92. The van der Waals surface area contributed by atoms with E-state index >= 15 is 0 Å². The molecule has 1 aliphatic heterocycles. The summed E-state index contributed by atoms with van der Waals surface area (Å²) in [6.07, 6.45) is -4.09. The molecule has 0 radical (unpaired) electrons. The molecule has 0 aliphatic carbocycles. The van der Waals surface area contributed by atoms with E-state index in [9.17, 15) is 34.8 Å². The molecule has 1 saturated heterocycles. The zero-order valence-corrected chi connectivity index (χ0v) is 19.4. The van der Waals surface area contributed by atoms with Crippen LogP contribution in [0.4, 0.5) is 18.9 Å². The van der Waals surface area contributed by atoms with E-state index in [1.165, 1.54) is 40.7 Å². The van der Waals surface area contributed by atoms with Gasteiger partial charge in [-0.1, -0.05) is 12.6 Å². The van der Waals surface area contributed by atoms with E-state index in [-0.39, 0.29) is 41.7 Å². The van der Waals surface area contributed by atoms with Crippen molar-refractivity contribution in [2.75, 3.05) is 25.0 Å². The maximum Gasteiger partial charge on any atom is 0.416 e. The normalized spacial score (nSPS) is 17.4. The van der Waals surface area contributed by atoms with Crippen molar-refractivity contribution in [2.45, 2.75) is 17.5 Å². The monoisotopic (exact) mass is 517 g/mol. The van der Waals surface area contributed by atoms with E-state index in [0.717, 1.165) is 17.5 Å². The second kappa shape index (κ2) is 9.86. The summed E-state index contributed by atoms with van der Waals surface area (Å²) in [5.74, 6) is -0.902. The smallest absolute Gasteiger partial charge is 0.322 e. The molecule has 0 spiro atoms. The van der Waals surface area contributed by atoms with E-state index in [2.05, 4.69) is 16.6 Å². The number of carbonyl (C=O) groups excluding carboxylic acids is 1. The number of nitrogens with zero attached hydrogens (tertiary/aromatic N) is 1. The van der Waals surface area contributed by atoms with E-state index < -0.39 is 37.7 Å². The fourth-order valence-electron chi connectivity index (χ4n) is 3.38. The van der Waals surface area contributed by atoms with Crippen LogP contribution in [-0.4, -0.2) is 46.7 Å². The molecule has 1 atom stereocenters.